The van der Waals surface area contributed by atoms with E-state index in [0.717, 1.165) is 77.0 Å². The third kappa shape index (κ3) is 62.8. The summed E-state index contributed by atoms with van der Waals surface area (Å²) in [4.78, 5) is 32.0. The summed E-state index contributed by atoms with van der Waals surface area (Å²) >= 11 is 2.85. The monoisotopic (exact) mass is 1360 g/mol. The average molecular weight is 1360 g/mol. The molecule has 1 rings (SSSR count). The van der Waals surface area contributed by atoms with Crippen LogP contribution >= 0.6 is 23.5 Å². The Bertz CT molecular complexity index is 1350. The van der Waals surface area contributed by atoms with Gasteiger partial charge in [0, 0.05) is 62.6 Å². The van der Waals surface area contributed by atoms with E-state index in [9.17, 15) is 30.0 Å². The maximum Gasteiger partial charge on any atom is 0.192 e. The van der Waals surface area contributed by atoms with E-state index >= 15 is 0 Å². The van der Waals surface area contributed by atoms with Gasteiger partial charge in [-0.05, 0) is 51.4 Å². The van der Waals surface area contributed by atoms with Crippen molar-refractivity contribution in [3.63, 3.8) is 0 Å². The molecule has 4 N–H and O–H groups in total. The highest BCUT2D eigenvalue weighted by molar-refractivity contribution is 8.13. The van der Waals surface area contributed by atoms with Gasteiger partial charge in [-0.25, -0.2) is 0 Å². The second-order valence-corrected chi connectivity index (χ2v) is 32.8. The average Bonchev–Trinajstić information content (AvgIpc) is 1.65. The lowest BCUT2D eigenvalue weighted by molar-refractivity contribution is -0.119. The second kappa shape index (κ2) is 72.6. The van der Waals surface area contributed by atoms with Crippen LogP contribution in [-0.2, 0) is 9.59 Å². The number of rotatable bonds is 76. The summed E-state index contributed by atoms with van der Waals surface area (Å²) in [5.41, 5.74) is 0. The number of unbranched alkanes of at least 4 members (excludes halogenated alkanes) is 52. The van der Waals surface area contributed by atoms with Gasteiger partial charge in [-0.3, -0.25) is 19.4 Å². The first kappa shape index (κ1) is 91.8. The number of hydrogen-bond donors (Lipinski definition) is 4. The van der Waals surface area contributed by atoms with E-state index in [1.165, 1.54) is 357 Å². The molecule has 94 heavy (non-hydrogen) atoms. The van der Waals surface area contributed by atoms with Crippen molar-refractivity contribution < 1.29 is 30.0 Å². The van der Waals surface area contributed by atoms with E-state index in [4.69, 9.17) is 0 Å². The summed E-state index contributed by atoms with van der Waals surface area (Å²) in [6, 6.07) is 0. The molecule has 1 aliphatic rings. The molecule has 0 spiro atoms. The molecule has 0 aliphatic heterocycles. The maximum atomic E-state index is 13.7. The van der Waals surface area contributed by atoms with Gasteiger partial charge in [-0.15, -0.1) is 0 Å². The molecule has 0 aromatic carbocycles. The van der Waals surface area contributed by atoms with Gasteiger partial charge in [0.15, 0.2) is 10.2 Å². The van der Waals surface area contributed by atoms with E-state index in [1.807, 2.05) is 0 Å². The highest BCUT2D eigenvalue weighted by Crippen LogP contribution is 2.35. The highest BCUT2D eigenvalue weighted by atomic mass is 32.2. The summed E-state index contributed by atoms with van der Waals surface area (Å²) in [5, 5.41) is 45.7. The lowest BCUT2D eigenvalue weighted by Crippen LogP contribution is -2.39. The van der Waals surface area contributed by atoms with Crippen LogP contribution in [0.5, 0.6) is 0 Å². The van der Waals surface area contributed by atoms with Crippen molar-refractivity contribution in [2.24, 2.45) is 11.8 Å². The summed E-state index contributed by atoms with van der Waals surface area (Å²) in [5.74, 6) is 1.26. The number of aliphatic hydroxyl groups is 4. The van der Waals surface area contributed by atoms with Crippen LogP contribution in [0.25, 0.3) is 0 Å². The number of aliphatic hydroxyl groups excluding tert-OH is 4. The topological polar surface area (TPSA) is 122 Å². The van der Waals surface area contributed by atoms with Crippen LogP contribution in [0.1, 0.15) is 439 Å². The first-order valence-electron chi connectivity index (χ1n) is 42.6. The third-order valence-electron chi connectivity index (χ3n) is 21.1. The molecule has 0 saturated heterocycles. The van der Waals surface area contributed by atoms with Crippen LogP contribution in [0.3, 0.4) is 0 Å². The fraction of sp³-hybridized carbons (Fsp3) is 0.976. The Kier molecular flexibility index (Phi) is 70.9. The number of carbonyl (C=O) groups is 2. The molecule has 0 bridgehead atoms. The molecule has 8 nitrogen and oxygen atoms in total. The molecule has 0 amide bonds. The van der Waals surface area contributed by atoms with Crippen LogP contribution in [0.2, 0.25) is 0 Å². The smallest absolute Gasteiger partial charge is 0.192 e. The highest BCUT2D eigenvalue weighted by Gasteiger charge is 2.31. The molecule has 0 radical (unpaired) electrons. The minimum atomic E-state index is -0.425. The lowest BCUT2D eigenvalue weighted by atomic mass is 9.83. The van der Waals surface area contributed by atoms with Crippen molar-refractivity contribution in [1.82, 2.24) is 9.80 Å². The molecule has 560 valence electrons. The summed E-state index contributed by atoms with van der Waals surface area (Å²) in [6.07, 6.45) is 78.6. The Balaban J connectivity index is 2.63. The maximum absolute atomic E-state index is 13.7. The van der Waals surface area contributed by atoms with Gasteiger partial charge in [-0.1, -0.05) is 411 Å². The van der Waals surface area contributed by atoms with Gasteiger partial charge in [0.25, 0.3) is 0 Å². The van der Waals surface area contributed by atoms with Gasteiger partial charge >= 0.3 is 0 Å². The predicted molar refractivity (Wildman–Crippen MR) is 417 cm³/mol. The molecule has 0 aromatic rings. The first-order chi connectivity index (χ1) is 46.1. The van der Waals surface area contributed by atoms with E-state index in [1.54, 1.807) is 0 Å². The van der Waals surface area contributed by atoms with Crippen LogP contribution in [0.15, 0.2) is 0 Å². The van der Waals surface area contributed by atoms with Crippen molar-refractivity contribution >= 4 is 33.8 Å². The van der Waals surface area contributed by atoms with Crippen molar-refractivity contribution in [2.45, 2.75) is 463 Å². The standard InChI is InChI=1S/C84H166N2O6S2/c1-5-9-13-17-21-25-29-33-37-41-45-49-53-57-61-79(87)73-85(74-80(88)62-58-54-50-46-42-38-34-30-26-22-18-14-10-6-2)69-71-93-83(91)77-65-67-78(68-66-77)84(92)94-72-70-86(75-81(89)63-59-55-51-47-43-39-35-31-27-23-19-15-11-7-3)76-82(90)64-60-56-52-48-44-40-36-32-28-24-20-16-12-8-4/h77-82,87-90H,5-76H2,1-4H3. The van der Waals surface area contributed by atoms with Crippen LogP contribution in [0.4, 0.5) is 0 Å². The van der Waals surface area contributed by atoms with Crippen LogP contribution < -0.4 is 0 Å². The van der Waals surface area contributed by atoms with Gasteiger partial charge in [0.2, 0.25) is 0 Å². The molecule has 1 fully saturated rings. The number of nitrogens with zero attached hydrogens (tertiary/aromatic N) is 2. The minimum absolute atomic E-state index is 0.0257. The van der Waals surface area contributed by atoms with E-state index in [-0.39, 0.29) is 22.1 Å². The lowest BCUT2D eigenvalue weighted by Gasteiger charge is -2.29. The fourth-order valence-corrected chi connectivity index (χ4v) is 16.8. The minimum Gasteiger partial charge on any atom is -0.392 e. The number of carbonyl (C=O) groups excluding carboxylic acids is 2. The largest absolute Gasteiger partial charge is 0.392 e. The Hall–Kier alpha value is -0.200. The van der Waals surface area contributed by atoms with Gasteiger partial charge < -0.3 is 20.4 Å². The molecule has 1 saturated carbocycles. The summed E-state index contributed by atoms with van der Waals surface area (Å²) in [7, 11) is 0. The van der Waals surface area contributed by atoms with Gasteiger partial charge in [0.05, 0.1) is 24.4 Å². The zero-order chi connectivity index (χ0) is 68.1. The quantitative estimate of drug-likeness (QED) is 0.0438. The SMILES string of the molecule is CCCCCCCCCCCCCCCCC(O)CN(CCSC(=O)C1CCC(C(=O)SCCN(CC(O)CCCCCCCCCCCCCCCC)CC(O)CCCCCCCCCCCCCCCC)CC1)CC(O)CCCCCCCCCCCCCCCC. The summed E-state index contributed by atoms with van der Waals surface area (Å²) in [6.45, 7) is 12.7. The second-order valence-electron chi connectivity index (χ2n) is 30.6. The van der Waals surface area contributed by atoms with E-state index < -0.39 is 24.4 Å². The number of thioether (sulfide) groups is 2. The molecular formula is C84H166N2O6S2. The Morgan fingerprint density at radius 3 is 0.574 bits per heavy atom. The fourth-order valence-electron chi connectivity index (χ4n) is 14.7. The molecule has 10 heteroatoms. The molecule has 0 aromatic heterocycles. The third-order valence-corrected chi connectivity index (χ3v) is 23.1. The molecular weight excluding hydrogens is 1200 g/mol. The van der Waals surface area contributed by atoms with Gasteiger partial charge in [0.1, 0.15) is 0 Å². The molecule has 4 unspecified atom stereocenters. The molecule has 4 atom stereocenters. The molecule has 1 aliphatic carbocycles. The Labute approximate surface area is 595 Å². The van der Waals surface area contributed by atoms with Crippen molar-refractivity contribution in [1.29, 1.82) is 0 Å². The number of hydrogen-bond acceptors (Lipinski definition) is 10. The zero-order valence-corrected chi connectivity index (χ0v) is 65.3. The van der Waals surface area contributed by atoms with Crippen LogP contribution in [0, 0.1) is 11.8 Å². The van der Waals surface area contributed by atoms with Crippen LogP contribution in [-0.4, -0.2) is 116 Å². The predicted octanol–water partition coefficient (Wildman–Crippen LogP) is 24.8. The Morgan fingerprint density at radius 2 is 0.415 bits per heavy atom. The zero-order valence-electron chi connectivity index (χ0n) is 63.7. The molecule has 0 heterocycles. The van der Waals surface area contributed by atoms with Crippen molar-refractivity contribution in [3.8, 4) is 0 Å². The van der Waals surface area contributed by atoms with Crippen molar-refractivity contribution in [3.05, 3.63) is 0 Å². The van der Waals surface area contributed by atoms with Gasteiger partial charge in [-0.2, -0.15) is 0 Å². The normalized spacial score (nSPS) is 15.8. The van der Waals surface area contributed by atoms with E-state index in [2.05, 4.69) is 37.5 Å². The van der Waals surface area contributed by atoms with E-state index in [0.29, 0.717) is 50.8 Å². The Morgan fingerprint density at radius 1 is 0.266 bits per heavy atom. The summed E-state index contributed by atoms with van der Waals surface area (Å²) < 4.78 is 0. The first-order valence-corrected chi connectivity index (χ1v) is 44.6. The van der Waals surface area contributed by atoms with Crippen molar-refractivity contribution in [2.75, 3.05) is 50.8 Å².